The molecule has 1 fully saturated rings. The molecule has 90 valence electrons. The van der Waals surface area contributed by atoms with Gasteiger partial charge < -0.3 is 10.6 Å². The summed E-state index contributed by atoms with van der Waals surface area (Å²) in [5.41, 5.74) is 9.36. The van der Waals surface area contributed by atoms with Crippen LogP contribution in [-0.4, -0.2) is 23.1 Å². The molecule has 0 saturated heterocycles. The fourth-order valence-electron chi connectivity index (χ4n) is 2.55. The Hall–Kier alpha value is -1.16. The van der Waals surface area contributed by atoms with Crippen molar-refractivity contribution in [1.29, 1.82) is 0 Å². The highest BCUT2D eigenvalue weighted by Gasteiger charge is 2.30. The summed E-state index contributed by atoms with van der Waals surface area (Å²) in [6.07, 6.45) is 5.93. The number of hydrogen-bond acceptors (Lipinski definition) is 3. The Morgan fingerprint density at radius 2 is 2.24 bits per heavy atom. The van der Waals surface area contributed by atoms with Gasteiger partial charge in [-0.25, -0.2) is 4.98 Å². The zero-order valence-electron chi connectivity index (χ0n) is 10.1. The van der Waals surface area contributed by atoms with Crippen LogP contribution in [0.5, 0.6) is 0 Å². The highest BCUT2D eigenvalue weighted by atomic mass is 32.1. The van der Waals surface area contributed by atoms with Gasteiger partial charge in [-0.2, -0.15) is 0 Å². The van der Waals surface area contributed by atoms with Crippen molar-refractivity contribution < 1.29 is 0 Å². The molecule has 0 aromatic carbocycles. The second kappa shape index (κ2) is 3.95. The van der Waals surface area contributed by atoms with Gasteiger partial charge in [0.2, 0.25) is 0 Å². The summed E-state index contributed by atoms with van der Waals surface area (Å²) in [4.78, 5) is 7.50. The number of aryl methyl sites for hydroxylation is 2. The minimum atomic E-state index is 0.467. The largest absolute Gasteiger partial charge is 0.389 e. The minimum Gasteiger partial charge on any atom is -0.389 e. The summed E-state index contributed by atoms with van der Waals surface area (Å²) in [6, 6.07) is 2.79. The van der Waals surface area contributed by atoms with Crippen LogP contribution in [0.25, 0.3) is 0 Å². The number of anilines is 1. The van der Waals surface area contributed by atoms with Crippen LogP contribution < -0.4 is 10.6 Å². The first-order valence-electron chi connectivity index (χ1n) is 6.22. The normalized spacial score (nSPS) is 17.9. The zero-order valence-corrected chi connectivity index (χ0v) is 10.9. The predicted octanol–water partition coefficient (Wildman–Crippen LogP) is 1.80. The molecule has 0 radical (unpaired) electrons. The number of nitrogens with two attached hydrogens (primary N) is 1. The van der Waals surface area contributed by atoms with E-state index in [1.54, 1.807) is 0 Å². The summed E-state index contributed by atoms with van der Waals surface area (Å²) in [5, 5.41) is 0. The highest BCUT2D eigenvalue weighted by molar-refractivity contribution is 7.80. The van der Waals surface area contributed by atoms with E-state index in [0.29, 0.717) is 11.0 Å². The van der Waals surface area contributed by atoms with Crippen LogP contribution >= 0.6 is 12.2 Å². The maximum Gasteiger partial charge on any atom is 0.139 e. The third kappa shape index (κ3) is 1.90. The fraction of sp³-hybridized carbons (Fsp3) is 0.538. The Morgan fingerprint density at radius 1 is 1.47 bits per heavy atom. The lowest BCUT2D eigenvalue weighted by Gasteiger charge is -2.21. The Morgan fingerprint density at radius 3 is 2.88 bits per heavy atom. The van der Waals surface area contributed by atoms with Crippen LogP contribution in [0.4, 0.5) is 5.82 Å². The second-order valence-corrected chi connectivity index (χ2v) is 5.47. The fourth-order valence-corrected chi connectivity index (χ4v) is 2.70. The molecule has 0 atom stereocenters. The van der Waals surface area contributed by atoms with E-state index in [-0.39, 0.29) is 0 Å². The molecule has 0 aliphatic heterocycles. The lowest BCUT2D eigenvalue weighted by atomic mass is 10.1. The molecule has 2 aliphatic carbocycles. The maximum atomic E-state index is 5.83. The van der Waals surface area contributed by atoms with Crippen molar-refractivity contribution in [2.45, 2.75) is 38.1 Å². The van der Waals surface area contributed by atoms with Crippen LogP contribution in [0.2, 0.25) is 0 Å². The van der Waals surface area contributed by atoms with Gasteiger partial charge in [0.15, 0.2) is 0 Å². The Balaban J connectivity index is 2.07. The molecule has 0 bridgehead atoms. The summed E-state index contributed by atoms with van der Waals surface area (Å²) in [6.45, 7) is 0. The number of rotatable bonds is 3. The van der Waals surface area contributed by atoms with Crippen LogP contribution in [0.15, 0.2) is 6.07 Å². The molecule has 1 saturated carbocycles. The average molecular weight is 247 g/mol. The molecule has 3 rings (SSSR count). The molecule has 0 spiro atoms. The predicted molar refractivity (Wildman–Crippen MR) is 73.6 cm³/mol. The number of fused-ring (bicyclic) bond motifs is 1. The van der Waals surface area contributed by atoms with E-state index < -0.39 is 0 Å². The van der Waals surface area contributed by atoms with E-state index in [9.17, 15) is 0 Å². The first-order chi connectivity index (χ1) is 8.16. The Bertz CT molecular complexity index is 480. The highest BCUT2D eigenvalue weighted by Crippen LogP contribution is 2.33. The smallest absolute Gasteiger partial charge is 0.139 e. The van der Waals surface area contributed by atoms with Crippen molar-refractivity contribution in [1.82, 2.24) is 4.98 Å². The van der Waals surface area contributed by atoms with E-state index >= 15 is 0 Å². The lowest BCUT2D eigenvalue weighted by molar-refractivity contribution is 0.869. The molecule has 3 nitrogen and oxygen atoms in total. The molecular weight excluding hydrogens is 230 g/mol. The molecule has 2 N–H and O–H groups in total. The quantitative estimate of drug-likeness (QED) is 0.827. The van der Waals surface area contributed by atoms with Gasteiger partial charge in [0.05, 0.1) is 5.56 Å². The van der Waals surface area contributed by atoms with Gasteiger partial charge in [0.1, 0.15) is 10.8 Å². The summed E-state index contributed by atoms with van der Waals surface area (Å²) in [7, 11) is 2.10. The van der Waals surface area contributed by atoms with E-state index in [1.807, 2.05) is 0 Å². The summed E-state index contributed by atoms with van der Waals surface area (Å²) < 4.78 is 0. The number of aromatic nitrogens is 1. The molecule has 2 aliphatic rings. The number of hydrogen-bond donors (Lipinski definition) is 1. The first-order valence-corrected chi connectivity index (χ1v) is 6.63. The lowest BCUT2D eigenvalue weighted by Crippen LogP contribution is -2.25. The van der Waals surface area contributed by atoms with Gasteiger partial charge in [0.25, 0.3) is 0 Å². The van der Waals surface area contributed by atoms with E-state index in [2.05, 4.69) is 18.0 Å². The van der Waals surface area contributed by atoms with E-state index in [4.69, 9.17) is 22.9 Å². The number of pyridine rings is 1. The molecule has 1 aromatic heterocycles. The maximum absolute atomic E-state index is 5.83. The summed E-state index contributed by atoms with van der Waals surface area (Å²) in [5.74, 6) is 0.987. The van der Waals surface area contributed by atoms with Crippen molar-refractivity contribution in [2.75, 3.05) is 11.9 Å². The molecule has 1 heterocycles. The second-order valence-electron chi connectivity index (χ2n) is 5.03. The topological polar surface area (TPSA) is 42.2 Å². The average Bonchev–Trinajstić information content (AvgIpc) is 3.05. The van der Waals surface area contributed by atoms with Gasteiger partial charge in [-0.3, -0.25) is 0 Å². The van der Waals surface area contributed by atoms with Crippen molar-refractivity contribution in [3.05, 3.63) is 22.9 Å². The van der Waals surface area contributed by atoms with Crippen LogP contribution in [-0.2, 0) is 12.8 Å². The Kier molecular flexibility index (Phi) is 2.54. The van der Waals surface area contributed by atoms with Crippen molar-refractivity contribution in [3.8, 4) is 0 Å². The number of nitrogens with zero attached hydrogens (tertiary/aromatic N) is 2. The first kappa shape index (κ1) is 11.0. The van der Waals surface area contributed by atoms with Crippen molar-refractivity contribution in [3.63, 3.8) is 0 Å². The molecule has 0 amide bonds. The van der Waals surface area contributed by atoms with Gasteiger partial charge in [-0.1, -0.05) is 12.2 Å². The molecule has 17 heavy (non-hydrogen) atoms. The van der Waals surface area contributed by atoms with E-state index in [0.717, 1.165) is 24.2 Å². The standard InChI is InChI=1S/C13H17N3S/c1-16(9-5-6-9)13-10(12(14)17)7-8-3-2-4-11(8)15-13/h7,9H,2-6H2,1H3,(H2,14,17). The van der Waals surface area contributed by atoms with Crippen molar-refractivity contribution >= 4 is 23.0 Å². The van der Waals surface area contributed by atoms with Crippen LogP contribution in [0.1, 0.15) is 36.1 Å². The van der Waals surface area contributed by atoms with Crippen molar-refractivity contribution in [2.24, 2.45) is 5.73 Å². The van der Waals surface area contributed by atoms with E-state index in [1.165, 1.54) is 30.5 Å². The van der Waals surface area contributed by atoms with Gasteiger partial charge in [-0.05, 0) is 43.7 Å². The van der Waals surface area contributed by atoms with Gasteiger partial charge >= 0.3 is 0 Å². The molecular formula is C13H17N3S. The monoisotopic (exact) mass is 247 g/mol. The molecule has 4 heteroatoms. The van der Waals surface area contributed by atoms with Gasteiger partial charge in [-0.15, -0.1) is 0 Å². The SMILES string of the molecule is CN(c1nc2c(cc1C(N)=S)CCC2)C1CC1. The Labute approximate surface area is 107 Å². The number of thiocarbonyl (C=S) groups is 1. The van der Waals surface area contributed by atoms with Gasteiger partial charge in [0, 0.05) is 18.8 Å². The summed E-state index contributed by atoms with van der Waals surface area (Å²) >= 11 is 5.16. The third-order valence-corrected chi connectivity index (χ3v) is 3.94. The molecule has 0 unspecified atom stereocenters. The van der Waals surface area contributed by atoms with Crippen LogP contribution in [0, 0.1) is 0 Å². The minimum absolute atomic E-state index is 0.467. The zero-order chi connectivity index (χ0) is 12.0. The molecule has 1 aromatic rings. The third-order valence-electron chi connectivity index (χ3n) is 3.72. The van der Waals surface area contributed by atoms with Crippen LogP contribution in [0.3, 0.4) is 0 Å².